The van der Waals surface area contributed by atoms with Gasteiger partial charge in [-0.2, -0.15) is 0 Å². The lowest BCUT2D eigenvalue weighted by Crippen LogP contribution is -2.43. The number of aliphatic imine (C=N–C) groups is 1. The molecule has 104 valence electrons. The van der Waals surface area contributed by atoms with Crippen molar-refractivity contribution in [3.8, 4) is 0 Å². The van der Waals surface area contributed by atoms with E-state index in [4.69, 9.17) is 5.73 Å². The van der Waals surface area contributed by atoms with Crippen molar-refractivity contribution in [2.24, 2.45) is 16.6 Å². The summed E-state index contributed by atoms with van der Waals surface area (Å²) in [6.45, 7) is 7.46. The molecule has 5 nitrogen and oxygen atoms in total. The highest BCUT2D eigenvalue weighted by molar-refractivity contribution is 5.79. The highest BCUT2D eigenvalue weighted by Gasteiger charge is 2.17. The Hall–Kier alpha value is -1.26. The number of carbonyl (C=O) groups excluding carboxylic acids is 1. The van der Waals surface area contributed by atoms with Crippen LogP contribution in [0.1, 0.15) is 39.5 Å². The van der Waals surface area contributed by atoms with Crippen LogP contribution in [-0.2, 0) is 4.79 Å². The van der Waals surface area contributed by atoms with Crippen LogP contribution >= 0.6 is 0 Å². The van der Waals surface area contributed by atoms with Crippen molar-refractivity contribution < 1.29 is 4.79 Å². The number of hydrogen-bond acceptors (Lipinski definition) is 2. The second-order valence-electron chi connectivity index (χ2n) is 5.03. The Morgan fingerprint density at radius 3 is 3.00 bits per heavy atom. The van der Waals surface area contributed by atoms with Crippen LogP contribution in [0.25, 0.3) is 0 Å². The minimum Gasteiger partial charge on any atom is -0.370 e. The van der Waals surface area contributed by atoms with Gasteiger partial charge in [-0.25, -0.2) is 0 Å². The molecule has 0 bridgehead atoms. The molecule has 0 aromatic heterocycles. The van der Waals surface area contributed by atoms with Crippen molar-refractivity contribution in [3.05, 3.63) is 0 Å². The smallest absolute Gasteiger partial charge is 0.221 e. The normalized spacial score (nSPS) is 20.9. The lowest BCUT2D eigenvalue weighted by atomic mass is 10.0. The predicted molar refractivity (Wildman–Crippen MR) is 74.4 cm³/mol. The monoisotopic (exact) mass is 254 g/mol. The maximum Gasteiger partial charge on any atom is 0.221 e. The van der Waals surface area contributed by atoms with Gasteiger partial charge in [0.05, 0.1) is 6.54 Å². The molecule has 1 aliphatic heterocycles. The van der Waals surface area contributed by atoms with Crippen LogP contribution in [0.4, 0.5) is 0 Å². The molecule has 0 aromatic rings. The van der Waals surface area contributed by atoms with E-state index in [9.17, 15) is 4.79 Å². The van der Waals surface area contributed by atoms with Gasteiger partial charge < -0.3 is 16.0 Å². The van der Waals surface area contributed by atoms with Crippen LogP contribution < -0.4 is 11.1 Å². The molecule has 1 heterocycles. The Morgan fingerprint density at radius 2 is 2.33 bits per heavy atom. The molecule has 18 heavy (non-hydrogen) atoms. The van der Waals surface area contributed by atoms with Crippen LogP contribution in [0.3, 0.4) is 0 Å². The predicted octanol–water partition coefficient (Wildman–Crippen LogP) is 0.949. The maximum absolute atomic E-state index is 11.4. The van der Waals surface area contributed by atoms with Gasteiger partial charge in [-0.05, 0) is 25.2 Å². The van der Waals surface area contributed by atoms with Gasteiger partial charge >= 0.3 is 0 Å². The summed E-state index contributed by atoms with van der Waals surface area (Å²) >= 11 is 0. The Bertz CT molecular complexity index is 291. The van der Waals surface area contributed by atoms with E-state index in [1.165, 1.54) is 12.8 Å². The number of likely N-dealkylation sites (tertiary alicyclic amines) is 1. The topological polar surface area (TPSA) is 70.7 Å². The SMILES string of the molecule is CCCNC(=O)CCN=C(N)N1CCCC(C)C1. The molecule has 0 aliphatic carbocycles. The zero-order chi connectivity index (χ0) is 13.4. The standard InChI is InChI=1S/C13H26N4O/c1-3-7-15-12(18)6-8-16-13(14)17-9-4-5-11(2)10-17/h11H,3-10H2,1-2H3,(H2,14,16)(H,15,18). The summed E-state index contributed by atoms with van der Waals surface area (Å²) < 4.78 is 0. The van der Waals surface area contributed by atoms with Crippen LogP contribution in [0.15, 0.2) is 4.99 Å². The lowest BCUT2D eigenvalue weighted by Gasteiger charge is -2.31. The third-order valence-electron chi connectivity index (χ3n) is 3.17. The van der Waals surface area contributed by atoms with Gasteiger partial charge in [0.15, 0.2) is 5.96 Å². The van der Waals surface area contributed by atoms with E-state index in [1.54, 1.807) is 0 Å². The molecule has 1 aliphatic rings. The zero-order valence-corrected chi connectivity index (χ0v) is 11.6. The second-order valence-corrected chi connectivity index (χ2v) is 5.03. The molecule has 1 rings (SSSR count). The van der Waals surface area contributed by atoms with E-state index < -0.39 is 0 Å². The summed E-state index contributed by atoms with van der Waals surface area (Å²) in [5, 5.41) is 2.83. The first-order valence-corrected chi connectivity index (χ1v) is 6.95. The number of piperidine rings is 1. The minimum absolute atomic E-state index is 0.0559. The third-order valence-corrected chi connectivity index (χ3v) is 3.17. The highest BCUT2D eigenvalue weighted by atomic mass is 16.1. The molecule has 0 spiro atoms. The molecule has 0 saturated carbocycles. The molecule has 3 N–H and O–H groups in total. The van der Waals surface area contributed by atoms with E-state index in [-0.39, 0.29) is 5.91 Å². The number of guanidine groups is 1. The number of hydrogen-bond donors (Lipinski definition) is 2. The van der Waals surface area contributed by atoms with E-state index in [1.807, 2.05) is 6.92 Å². The number of nitrogens with zero attached hydrogens (tertiary/aromatic N) is 2. The lowest BCUT2D eigenvalue weighted by molar-refractivity contribution is -0.120. The van der Waals surface area contributed by atoms with Gasteiger partial charge in [-0.15, -0.1) is 0 Å². The fraction of sp³-hybridized carbons (Fsp3) is 0.846. The summed E-state index contributed by atoms with van der Waals surface area (Å²) in [5.41, 5.74) is 5.94. The number of rotatable bonds is 5. The zero-order valence-electron chi connectivity index (χ0n) is 11.6. The summed E-state index contributed by atoms with van der Waals surface area (Å²) in [5.74, 6) is 1.32. The van der Waals surface area contributed by atoms with Crippen LogP contribution in [0.5, 0.6) is 0 Å². The average Bonchev–Trinajstić information content (AvgIpc) is 2.36. The number of nitrogens with two attached hydrogens (primary N) is 1. The van der Waals surface area contributed by atoms with Crippen molar-refractivity contribution in [2.75, 3.05) is 26.2 Å². The fourth-order valence-electron chi connectivity index (χ4n) is 2.12. The molecule has 1 unspecified atom stereocenters. The van der Waals surface area contributed by atoms with Crippen LogP contribution in [-0.4, -0.2) is 42.9 Å². The summed E-state index contributed by atoms with van der Waals surface area (Å²) in [7, 11) is 0. The van der Waals surface area contributed by atoms with E-state index in [0.717, 1.165) is 26.1 Å². The number of nitrogens with one attached hydrogen (secondary N) is 1. The van der Waals surface area contributed by atoms with Gasteiger partial charge in [0, 0.05) is 26.1 Å². The van der Waals surface area contributed by atoms with Gasteiger partial charge in [0.25, 0.3) is 0 Å². The van der Waals surface area contributed by atoms with Gasteiger partial charge in [-0.3, -0.25) is 9.79 Å². The van der Waals surface area contributed by atoms with Gasteiger partial charge in [0.1, 0.15) is 0 Å². The van der Waals surface area contributed by atoms with Crippen molar-refractivity contribution in [1.82, 2.24) is 10.2 Å². The van der Waals surface area contributed by atoms with E-state index >= 15 is 0 Å². The van der Waals surface area contributed by atoms with Crippen molar-refractivity contribution in [2.45, 2.75) is 39.5 Å². The Kier molecular flexibility index (Phi) is 6.54. The minimum atomic E-state index is 0.0559. The fourth-order valence-corrected chi connectivity index (χ4v) is 2.12. The molecule has 1 amide bonds. The molecule has 1 saturated heterocycles. The first-order chi connectivity index (χ1) is 8.63. The molecule has 0 aromatic carbocycles. The average molecular weight is 254 g/mol. The largest absolute Gasteiger partial charge is 0.370 e. The van der Waals surface area contributed by atoms with E-state index in [0.29, 0.717) is 24.8 Å². The summed E-state index contributed by atoms with van der Waals surface area (Å²) in [6, 6.07) is 0. The molecular weight excluding hydrogens is 228 g/mol. The van der Waals surface area contributed by atoms with Gasteiger partial charge in [0.2, 0.25) is 5.91 Å². The Labute approximate surface area is 110 Å². The summed E-state index contributed by atoms with van der Waals surface area (Å²) in [6.07, 6.45) is 3.82. The van der Waals surface area contributed by atoms with Gasteiger partial charge in [-0.1, -0.05) is 13.8 Å². The van der Waals surface area contributed by atoms with E-state index in [2.05, 4.69) is 22.1 Å². The van der Waals surface area contributed by atoms with Crippen molar-refractivity contribution >= 4 is 11.9 Å². The Morgan fingerprint density at radius 1 is 1.56 bits per heavy atom. The maximum atomic E-state index is 11.4. The number of amides is 1. The third kappa shape index (κ3) is 5.38. The molecule has 0 radical (unpaired) electrons. The van der Waals surface area contributed by atoms with Crippen molar-refractivity contribution in [1.29, 1.82) is 0 Å². The number of carbonyl (C=O) groups is 1. The molecule has 5 heteroatoms. The summed E-state index contributed by atoms with van der Waals surface area (Å²) in [4.78, 5) is 17.8. The first-order valence-electron chi connectivity index (χ1n) is 6.95. The molecule has 1 fully saturated rings. The molecular formula is C13H26N4O. The van der Waals surface area contributed by atoms with Crippen LogP contribution in [0, 0.1) is 5.92 Å². The Balaban J connectivity index is 2.26. The van der Waals surface area contributed by atoms with Crippen molar-refractivity contribution in [3.63, 3.8) is 0 Å². The molecule has 1 atom stereocenters. The second kappa shape index (κ2) is 7.95. The first kappa shape index (κ1) is 14.8. The highest BCUT2D eigenvalue weighted by Crippen LogP contribution is 2.14. The quantitative estimate of drug-likeness (QED) is 0.567. The van der Waals surface area contributed by atoms with Crippen LogP contribution in [0.2, 0.25) is 0 Å².